The molecule has 1 aliphatic rings. The summed E-state index contributed by atoms with van der Waals surface area (Å²) in [6, 6.07) is 7.96. The lowest BCUT2D eigenvalue weighted by atomic mass is 10.1. The summed E-state index contributed by atoms with van der Waals surface area (Å²) in [7, 11) is 0. The third-order valence-electron chi connectivity index (χ3n) is 4.71. The van der Waals surface area contributed by atoms with E-state index >= 15 is 0 Å². The van der Waals surface area contributed by atoms with Crippen LogP contribution in [0.4, 0.5) is 0 Å². The van der Waals surface area contributed by atoms with Crippen molar-refractivity contribution in [1.82, 2.24) is 25.1 Å². The van der Waals surface area contributed by atoms with E-state index in [1.54, 1.807) is 12.4 Å². The van der Waals surface area contributed by atoms with Crippen LogP contribution in [0.1, 0.15) is 60.4 Å². The van der Waals surface area contributed by atoms with Crippen molar-refractivity contribution in [2.45, 2.75) is 45.1 Å². The molecule has 0 radical (unpaired) electrons. The molecule has 1 saturated carbocycles. The second kappa shape index (κ2) is 6.86. The number of carbonyl (C=O) groups excluding carboxylic acids is 1. The van der Waals surface area contributed by atoms with Gasteiger partial charge in [-0.25, -0.2) is 9.67 Å². The first-order valence-corrected chi connectivity index (χ1v) is 9.19. The lowest BCUT2D eigenvalue weighted by Gasteiger charge is -2.10. The first-order valence-electron chi connectivity index (χ1n) is 9.19. The van der Waals surface area contributed by atoms with Gasteiger partial charge in [-0.1, -0.05) is 6.07 Å². The zero-order valence-corrected chi connectivity index (χ0v) is 15.1. The number of carbonyl (C=O) groups is 1. The Balaban J connectivity index is 1.59. The van der Waals surface area contributed by atoms with Gasteiger partial charge in [0.2, 0.25) is 0 Å². The Morgan fingerprint density at radius 2 is 2.19 bits per heavy atom. The molecule has 0 atom stereocenters. The topological polar surface area (TPSA) is 72.7 Å². The molecule has 0 aliphatic heterocycles. The summed E-state index contributed by atoms with van der Waals surface area (Å²) < 4.78 is 1.89. The van der Waals surface area contributed by atoms with Gasteiger partial charge in [0, 0.05) is 42.5 Å². The molecule has 0 bridgehead atoms. The van der Waals surface area contributed by atoms with E-state index in [4.69, 9.17) is 4.98 Å². The van der Waals surface area contributed by atoms with Gasteiger partial charge in [0.15, 0.2) is 5.65 Å². The fourth-order valence-corrected chi connectivity index (χ4v) is 3.14. The average Bonchev–Trinajstić information content (AvgIpc) is 3.40. The molecule has 6 heteroatoms. The van der Waals surface area contributed by atoms with Crippen LogP contribution in [-0.2, 0) is 6.42 Å². The molecule has 0 spiro atoms. The van der Waals surface area contributed by atoms with Gasteiger partial charge in [0.1, 0.15) is 0 Å². The van der Waals surface area contributed by atoms with Crippen LogP contribution in [0, 0.1) is 0 Å². The van der Waals surface area contributed by atoms with Crippen LogP contribution in [-0.4, -0.2) is 32.2 Å². The molecule has 6 nitrogen and oxygen atoms in total. The summed E-state index contributed by atoms with van der Waals surface area (Å²) in [5.74, 6) is 0.411. The van der Waals surface area contributed by atoms with Crippen molar-refractivity contribution in [1.29, 1.82) is 0 Å². The Morgan fingerprint density at radius 1 is 1.35 bits per heavy atom. The molecule has 1 amide bonds. The SMILES string of the molecule is CC(C)n1ncc2c(C(=O)NCCc3ccccn3)cc(C3CC3)nc21. The molecule has 4 rings (SSSR count). The van der Waals surface area contributed by atoms with Gasteiger partial charge in [-0.2, -0.15) is 5.10 Å². The minimum absolute atomic E-state index is 0.0708. The van der Waals surface area contributed by atoms with Gasteiger partial charge < -0.3 is 5.32 Å². The van der Waals surface area contributed by atoms with Gasteiger partial charge in [0.05, 0.1) is 17.1 Å². The van der Waals surface area contributed by atoms with Crippen molar-refractivity contribution in [2.75, 3.05) is 6.54 Å². The van der Waals surface area contributed by atoms with E-state index in [1.807, 2.05) is 28.9 Å². The van der Waals surface area contributed by atoms with Crippen LogP contribution in [0.15, 0.2) is 36.7 Å². The first kappa shape index (κ1) is 16.7. The first-order chi connectivity index (χ1) is 12.6. The minimum atomic E-state index is -0.0708. The van der Waals surface area contributed by atoms with Crippen molar-refractivity contribution in [3.8, 4) is 0 Å². The second-order valence-corrected chi connectivity index (χ2v) is 7.12. The molecular weight excluding hydrogens is 326 g/mol. The maximum Gasteiger partial charge on any atom is 0.252 e. The Kier molecular flexibility index (Phi) is 4.41. The minimum Gasteiger partial charge on any atom is -0.352 e. The summed E-state index contributed by atoms with van der Waals surface area (Å²) in [4.78, 5) is 21.9. The number of fused-ring (bicyclic) bond motifs is 1. The summed E-state index contributed by atoms with van der Waals surface area (Å²) in [6.45, 7) is 4.70. The largest absolute Gasteiger partial charge is 0.352 e. The lowest BCUT2D eigenvalue weighted by molar-refractivity contribution is 0.0955. The predicted molar refractivity (Wildman–Crippen MR) is 100 cm³/mol. The van der Waals surface area contributed by atoms with Crippen molar-refractivity contribution in [2.24, 2.45) is 0 Å². The van der Waals surface area contributed by atoms with E-state index in [-0.39, 0.29) is 11.9 Å². The van der Waals surface area contributed by atoms with Gasteiger partial charge in [-0.3, -0.25) is 9.78 Å². The maximum atomic E-state index is 12.8. The smallest absolute Gasteiger partial charge is 0.252 e. The Hall–Kier alpha value is -2.76. The number of hydrogen-bond donors (Lipinski definition) is 1. The molecule has 0 saturated heterocycles. The normalized spacial score (nSPS) is 14.1. The molecule has 1 N–H and O–H groups in total. The molecule has 3 heterocycles. The van der Waals surface area contributed by atoms with Gasteiger partial charge in [-0.15, -0.1) is 0 Å². The van der Waals surface area contributed by atoms with Gasteiger partial charge in [-0.05, 0) is 44.9 Å². The van der Waals surface area contributed by atoms with E-state index in [0.717, 1.165) is 35.3 Å². The average molecular weight is 349 g/mol. The molecule has 1 fully saturated rings. The van der Waals surface area contributed by atoms with Gasteiger partial charge in [0.25, 0.3) is 5.91 Å². The third kappa shape index (κ3) is 3.31. The molecule has 0 aromatic carbocycles. The van der Waals surface area contributed by atoms with Crippen LogP contribution in [0.5, 0.6) is 0 Å². The van der Waals surface area contributed by atoms with Crippen molar-refractivity contribution in [3.05, 3.63) is 53.6 Å². The quantitative estimate of drug-likeness (QED) is 0.741. The second-order valence-electron chi connectivity index (χ2n) is 7.12. The molecule has 26 heavy (non-hydrogen) atoms. The van der Waals surface area contributed by atoms with E-state index < -0.39 is 0 Å². The van der Waals surface area contributed by atoms with Crippen LogP contribution in [0.3, 0.4) is 0 Å². The van der Waals surface area contributed by atoms with Crippen LogP contribution < -0.4 is 5.32 Å². The number of nitrogens with zero attached hydrogens (tertiary/aromatic N) is 4. The number of amides is 1. The summed E-state index contributed by atoms with van der Waals surface area (Å²) in [6.07, 6.45) is 6.53. The predicted octanol–water partition coefficient (Wildman–Crippen LogP) is 3.26. The zero-order chi connectivity index (χ0) is 18.1. The lowest BCUT2D eigenvalue weighted by Crippen LogP contribution is -2.26. The molecule has 3 aromatic rings. The number of aromatic nitrogens is 4. The maximum absolute atomic E-state index is 12.8. The van der Waals surface area contributed by atoms with Crippen molar-refractivity contribution < 1.29 is 4.79 Å². The van der Waals surface area contributed by atoms with E-state index in [1.165, 1.54) is 0 Å². The summed E-state index contributed by atoms with van der Waals surface area (Å²) >= 11 is 0. The zero-order valence-electron chi connectivity index (χ0n) is 15.1. The van der Waals surface area contributed by atoms with E-state index in [0.29, 0.717) is 24.4 Å². The number of rotatable bonds is 6. The Bertz CT molecular complexity index is 928. The Morgan fingerprint density at radius 3 is 2.88 bits per heavy atom. The fraction of sp³-hybridized carbons (Fsp3) is 0.400. The highest BCUT2D eigenvalue weighted by molar-refractivity contribution is 6.05. The number of hydrogen-bond acceptors (Lipinski definition) is 4. The van der Waals surface area contributed by atoms with E-state index in [2.05, 4.69) is 29.2 Å². The molecule has 1 aliphatic carbocycles. The van der Waals surface area contributed by atoms with Crippen LogP contribution in [0.25, 0.3) is 11.0 Å². The highest BCUT2D eigenvalue weighted by Gasteiger charge is 2.28. The number of pyridine rings is 2. The standard InChI is InChI=1S/C20H23N5O/c1-13(2)25-19-17(12-23-25)16(11-18(24-19)14-6-7-14)20(26)22-10-8-15-5-3-4-9-21-15/h3-5,9,11-14H,6-8,10H2,1-2H3,(H,22,26). The highest BCUT2D eigenvalue weighted by atomic mass is 16.1. The summed E-state index contributed by atoms with van der Waals surface area (Å²) in [5, 5.41) is 8.29. The molecule has 134 valence electrons. The highest BCUT2D eigenvalue weighted by Crippen LogP contribution is 2.40. The van der Waals surface area contributed by atoms with Crippen molar-refractivity contribution >= 4 is 16.9 Å². The van der Waals surface area contributed by atoms with Crippen molar-refractivity contribution in [3.63, 3.8) is 0 Å². The van der Waals surface area contributed by atoms with Crippen LogP contribution >= 0.6 is 0 Å². The molecular formula is C20H23N5O. The van der Waals surface area contributed by atoms with E-state index in [9.17, 15) is 4.79 Å². The summed E-state index contributed by atoms with van der Waals surface area (Å²) in [5.41, 5.74) is 3.46. The Labute approximate surface area is 152 Å². The molecule has 0 unspecified atom stereocenters. The van der Waals surface area contributed by atoms with Crippen LogP contribution in [0.2, 0.25) is 0 Å². The van der Waals surface area contributed by atoms with Gasteiger partial charge >= 0.3 is 0 Å². The fourth-order valence-electron chi connectivity index (χ4n) is 3.14. The third-order valence-corrected chi connectivity index (χ3v) is 4.71. The molecule has 3 aromatic heterocycles. The number of nitrogens with one attached hydrogen (secondary N) is 1. The monoisotopic (exact) mass is 349 g/mol.